The van der Waals surface area contributed by atoms with Gasteiger partial charge < -0.3 is 9.73 Å². The topological polar surface area (TPSA) is 55.1 Å². The van der Waals surface area contributed by atoms with Crippen LogP contribution in [-0.4, -0.2) is 10.9 Å². The first-order valence-corrected chi connectivity index (χ1v) is 9.55. The third kappa shape index (κ3) is 4.68. The number of nitrogens with zero attached hydrogens (tertiary/aromatic N) is 1. The summed E-state index contributed by atoms with van der Waals surface area (Å²) in [6.07, 6.45) is 5.84. The van der Waals surface area contributed by atoms with E-state index in [1.54, 1.807) is 24.5 Å². The third-order valence-electron chi connectivity index (χ3n) is 4.23. The maximum atomic E-state index is 12.6. The number of nitrogens with one attached hydrogen (secondary N) is 1. The molecule has 4 nitrogen and oxygen atoms in total. The highest BCUT2D eigenvalue weighted by atomic mass is 32.2. The Morgan fingerprint density at radius 1 is 1.19 bits per heavy atom. The Bertz CT molecular complexity index is 914. The van der Waals surface area contributed by atoms with Gasteiger partial charge in [-0.2, -0.15) is 0 Å². The number of aromatic nitrogens is 1. The van der Waals surface area contributed by atoms with E-state index in [-0.39, 0.29) is 11.9 Å². The van der Waals surface area contributed by atoms with Gasteiger partial charge in [-0.15, -0.1) is 6.58 Å². The van der Waals surface area contributed by atoms with Crippen LogP contribution in [0.15, 0.2) is 81.9 Å². The minimum Gasteiger partial charge on any atom is -0.444 e. The molecule has 1 amide bonds. The lowest BCUT2D eigenvalue weighted by molar-refractivity contribution is 0.0904. The molecule has 2 heterocycles. The normalized spacial score (nSPS) is 11.8. The average Bonchev–Trinajstić information content (AvgIpc) is 3.14. The predicted octanol–water partition coefficient (Wildman–Crippen LogP) is 5.49. The highest BCUT2D eigenvalue weighted by molar-refractivity contribution is 7.99. The van der Waals surface area contributed by atoms with E-state index >= 15 is 0 Å². The van der Waals surface area contributed by atoms with Gasteiger partial charge in [-0.05, 0) is 61.2 Å². The van der Waals surface area contributed by atoms with Crippen LogP contribution >= 0.6 is 11.8 Å². The molecule has 0 aliphatic rings. The molecule has 5 heteroatoms. The van der Waals surface area contributed by atoms with Crippen molar-refractivity contribution in [3.63, 3.8) is 0 Å². The fourth-order valence-corrected chi connectivity index (χ4v) is 3.75. The number of pyridine rings is 1. The molecule has 0 saturated heterocycles. The summed E-state index contributed by atoms with van der Waals surface area (Å²) in [6, 6.07) is 13.3. The molecule has 0 aliphatic heterocycles. The maximum Gasteiger partial charge on any atom is 0.287 e. The molecule has 1 aromatic carbocycles. The van der Waals surface area contributed by atoms with Crippen LogP contribution in [0.1, 0.15) is 39.7 Å². The monoisotopic (exact) mass is 378 g/mol. The second-order valence-corrected chi connectivity index (χ2v) is 7.29. The minimum atomic E-state index is -0.244. The van der Waals surface area contributed by atoms with Gasteiger partial charge in [0.15, 0.2) is 10.9 Å². The van der Waals surface area contributed by atoms with Crippen LogP contribution in [0.4, 0.5) is 0 Å². The van der Waals surface area contributed by atoms with E-state index in [2.05, 4.69) is 42.9 Å². The van der Waals surface area contributed by atoms with E-state index in [0.29, 0.717) is 17.3 Å². The zero-order valence-corrected chi connectivity index (χ0v) is 16.3. The van der Waals surface area contributed by atoms with E-state index in [1.165, 1.54) is 22.9 Å². The largest absolute Gasteiger partial charge is 0.444 e. The Morgan fingerprint density at radius 2 is 1.89 bits per heavy atom. The summed E-state index contributed by atoms with van der Waals surface area (Å²) in [7, 11) is 0. The summed E-state index contributed by atoms with van der Waals surface area (Å²) in [4.78, 5) is 17.8. The molecule has 0 saturated carbocycles. The molecule has 2 aromatic heterocycles. The highest BCUT2D eigenvalue weighted by Crippen LogP contribution is 2.34. The zero-order valence-electron chi connectivity index (χ0n) is 15.4. The lowest BCUT2D eigenvalue weighted by Gasteiger charge is -2.16. The van der Waals surface area contributed by atoms with Gasteiger partial charge >= 0.3 is 0 Å². The van der Waals surface area contributed by atoms with Gasteiger partial charge in [0.2, 0.25) is 0 Å². The van der Waals surface area contributed by atoms with E-state index in [4.69, 9.17) is 4.42 Å². The van der Waals surface area contributed by atoms with Crippen molar-refractivity contribution < 1.29 is 9.21 Å². The molecular weight excluding hydrogens is 356 g/mol. The van der Waals surface area contributed by atoms with Crippen LogP contribution in [-0.2, 0) is 0 Å². The first kappa shape index (κ1) is 19.0. The van der Waals surface area contributed by atoms with Crippen molar-refractivity contribution >= 4 is 17.7 Å². The van der Waals surface area contributed by atoms with Crippen LogP contribution in [0.2, 0.25) is 0 Å². The fraction of sp³-hybridized carbons (Fsp3) is 0.182. The van der Waals surface area contributed by atoms with E-state index in [1.807, 2.05) is 24.3 Å². The Balaban J connectivity index is 1.73. The van der Waals surface area contributed by atoms with Crippen molar-refractivity contribution in [2.24, 2.45) is 0 Å². The number of aryl methyl sites for hydroxylation is 2. The van der Waals surface area contributed by atoms with Gasteiger partial charge in [0, 0.05) is 17.3 Å². The van der Waals surface area contributed by atoms with Crippen molar-refractivity contribution in [2.75, 3.05) is 0 Å². The molecule has 27 heavy (non-hydrogen) atoms. The summed E-state index contributed by atoms with van der Waals surface area (Å²) in [6.45, 7) is 7.92. The molecule has 0 aliphatic carbocycles. The lowest BCUT2D eigenvalue weighted by atomic mass is 10.1. The van der Waals surface area contributed by atoms with Crippen molar-refractivity contribution in [2.45, 2.75) is 36.3 Å². The molecule has 1 N–H and O–H groups in total. The number of amides is 1. The number of hydrogen-bond donors (Lipinski definition) is 1. The number of hydrogen-bond acceptors (Lipinski definition) is 4. The molecule has 0 bridgehead atoms. The molecule has 0 fully saturated rings. The van der Waals surface area contributed by atoms with Crippen LogP contribution < -0.4 is 5.32 Å². The van der Waals surface area contributed by atoms with Gasteiger partial charge in [0.1, 0.15) is 0 Å². The second kappa shape index (κ2) is 8.73. The first-order valence-electron chi connectivity index (χ1n) is 8.74. The average molecular weight is 378 g/mol. The number of carbonyl (C=O) groups is 1. The van der Waals surface area contributed by atoms with Crippen LogP contribution in [0.3, 0.4) is 0 Å². The molecule has 138 valence electrons. The van der Waals surface area contributed by atoms with Gasteiger partial charge in [-0.3, -0.25) is 9.78 Å². The Labute approximate surface area is 163 Å². The van der Waals surface area contributed by atoms with Crippen LogP contribution in [0.5, 0.6) is 0 Å². The molecule has 3 rings (SSSR count). The van der Waals surface area contributed by atoms with E-state index in [9.17, 15) is 4.79 Å². The van der Waals surface area contributed by atoms with E-state index in [0.717, 1.165) is 10.5 Å². The SMILES string of the molecule is C=CCC(NC(=O)c1ccc(Sc2c(C)cccc2C)o1)c1ccncc1. The Hall–Kier alpha value is -2.79. The van der Waals surface area contributed by atoms with Crippen molar-refractivity contribution in [3.8, 4) is 0 Å². The number of carbonyl (C=O) groups excluding carboxylic acids is 1. The van der Waals surface area contributed by atoms with Gasteiger partial charge in [0.05, 0.1) is 6.04 Å². The number of furan rings is 1. The van der Waals surface area contributed by atoms with Crippen LogP contribution in [0, 0.1) is 13.8 Å². The van der Waals surface area contributed by atoms with Gasteiger partial charge in [-0.25, -0.2) is 0 Å². The molecular formula is C22H22N2O2S. The summed E-state index contributed by atoms with van der Waals surface area (Å²) >= 11 is 1.53. The molecule has 0 radical (unpaired) electrons. The molecule has 1 unspecified atom stereocenters. The van der Waals surface area contributed by atoms with Crippen molar-refractivity contribution in [1.29, 1.82) is 0 Å². The second-order valence-electron chi connectivity index (χ2n) is 6.27. The third-order valence-corrected chi connectivity index (χ3v) is 5.50. The zero-order chi connectivity index (χ0) is 19.2. The lowest BCUT2D eigenvalue weighted by Crippen LogP contribution is -2.27. The molecule has 3 aromatic rings. The Kier molecular flexibility index (Phi) is 6.14. The van der Waals surface area contributed by atoms with E-state index < -0.39 is 0 Å². The first-order chi connectivity index (χ1) is 13.1. The molecule has 0 spiro atoms. The minimum absolute atomic E-state index is 0.169. The van der Waals surface area contributed by atoms with Gasteiger partial charge in [0.25, 0.3) is 5.91 Å². The van der Waals surface area contributed by atoms with Gasteiger partial charge in [-0.1, -0.05) is 36.0 Å². The number of benzene rings is 1. The maximum absolute atomic E-state index is 12.6. The summed E-state index contributed by atoms with van der Waals surface area (Å²) < 4.78 is 5.79. The summed E-state index contributed by atoms with van der Waals surface area (Å²) in [5.41, 5.74) is 3.35. The van der Waals surface area contributed by atoms with Crippen molar-refractivity contribution in [1.82, 2.24) is 10.3 Å². The van der Waals surface area contributed by atoms with Crippen molar-refractivity contribution in [3.05, 3.63) is 90.0 Å². The standard InChI is InChI=1S/C22H22N2O2S/c1-4-6-18(17-11-13-23-14-12-17)24-22(25)19-9-10-20(26-19)27-21-15(2)7-5-8-16(21)3/h4-5,7-14,18H,1,6H2,2-3H3,(H,24,25). The highest BCUT2D eigenvalue weighted by Gasteiger charge is 2.18. The van der Waals surface area contributed by atoms with Crippen LogP contribution in [0.25, 0.3) is 0 Å². The number of rotatable bonds is 7. The predicted molar refractivity (Wildman–Crippen MR) is 108 cm³/mol. The molecule has 1 atom stereocenters. The Morgan fingerprint density at radius 3 is 2.56 bits per heavy atom. The summed E-state index contributed by atoms with van der Waals surface area (Å²) in [5.74, 6) is 0.0545. The summed E-state index contributed by atoms with van der Waals surface area (Å²) in [5, 5.41) is 3.71. The quantitative estimate of drug-likeness (QED) is 0.552. The smallest absolute Gasteiger partial charge is 0.287 e. The fourth-order valence-electron chi connectivity index (χ4n) is 2.83.